The molecule has 4 heteroatoms. The van der Waals surface area contributed by atoms with Gasteiger partial charge in [-0.3, -0.25) is 4.79 Å². The number of fused-ring (bicyclic) bond motifs is 1. The Labute approximate surface area is 96.5 Å². The van der Waals surface area contributed by atoms with Crippen molar-refractivity contribution >= 4 is 5.91 Å². The van der Waals surface area contributed by atoms with Gasteiger partial charge in [-0.25, -0.2) is 0 Å². The number of hydrogen-bond acceptors (Lipinski definition) is 3. The lowest BCUT2D eigenvalue weighted by molar-refractivity contribution is -0.138. The summed E-state index contributed by atoms with van der Waals surface area (Å²) in [6.07, 6.45) is 2.53. The van der Waals surface area contributed by atoms with Crippen LogP contribution in [0.4, 0.5) is 0 Å². The molecule has 4 aliphatic heterocycles. The molecule has 4 heterocycles. The first-order valence-corrected chi connectivity index (χ1v) is 6.27. The Morgan fingerprint density at radius 3 is 2.75 bits per heavy atom. The summed E-state index contributed by atoms with van der Waals surface area (Å²) in [4.78, 5) is 16.6. The van der Waals surface area contributed by atoms with Crippen LogP contribution in [0.3, 0.4) is 0 Å². The van der Waals surface area contributed by atoms with Gasteiger partial charge in [-0.05, 0) is 24.7 Å². The third-order valence-corrected chi connectivity index (χ3v) is 4.26. The molecule has 4 rings (SSSR count). The summed E-state index contributed by atoms with van der Waals surface area (Å²) < 4.78 is 4.98. The van der Waals surface area contributed by atoms with Crippen LogP contribution >= 0.6 is 0 Å². The summed E-state index contributed by atoms with van der Waals surface area (Å²) >= 11 is 0. The predicted molar refractivity (Wildman–Crippen MR) is 60.0 cm³/mol. The maximum absolute atomic E-state index is 12.0. The second-order valence-electron chi connectivity index (χ2n) is 5.55. The Kier molecular flexibility index (Phi) is 2.64. The zero-order valence-electron chi connectivity index (χ0n) is 9.89. The Bertz CT molecular complexity index is 281. The van der Waals surface area contributed by atoms with E-state index in [9.17, 15) is 4.79 Å². The van der Waals surface area contributed by atoms with Gasteiger partial charge in [0.2, 0.25) is 5.91 Å². The summed E-state index contributed by atoms with van der Waals surface area (Å²) in [5.41, 5.74) is 0. The molecule has 4 unspecified atom stereocenters. The SMILES string of the molecule is COCC(=O)N1CC2CC3CC1CN(C3)C2. The summed E-state index contributed by atoms with van der Waals surface area (Å²) in [6, 6.07) is 0.453. The van der Waals surface area contributed by atoms with Crippen LogP contribution < -0.4 is 0 Å². The second-order valence-corrected chi connectivity index (χ2v) is 5.55. The monoisotopic (exact) mass is 224 g/mol. The topological polar surface area (TPSA) is 32.8 Å². The van der Waals surface area contributed by atoms with E-state index in [4.69, 9.17) is 4.74 Å². The number of nitrogens with zero attached hydrogens (tertiary/aromatic N) is 2. The van der Waals surface area contributed by atoms with E-state index in [1.54, 1.807) is 7.11 Å². The normalized spacial score (nSPS) is 41.2. The zero-order chi connectivity index (χ0) is 11.1. The molecule has 1 amide bonds. The first kappa shape index (κ1) is 10.5. The van der Waals surface area contributed by atoms with E-state index < -0.39 is 0 Å². The number of carbonyl (C=O) groups is 1. The highest BCUT2D eigenvalue weighted by atomic mass is 16.5. The summed E-state index contributed by atoms with van der Waals surface area (Å²) in [6.45, 7) is 4.75. The van der Waals surface area contributed by atoms with Crippen LogP contribution in [0.15, 0.2) is 0 Å². The molecule has 16 heavy (non-hydrogen) atoms. The highest BCUT2D eigenvalue weighted by molar-refractivity contribution is 5.78. The van der Waals surface area contributed by atoms with E-state index in [1.807, 2.05) is 0 Å². The number of amides is 1. The minimum Gasteiger partial charge on any atom is -0.375 e. The fourth-order valence-corrected chi connectivity index (χ4v) is 3.80. The standard InChI is InChI=1S/C12H20N2O2/c1-16-8-12(15)14-6-10-2-9-3-11(14)7-13(4-9)5-10/h9-11H,2-8H2,1H3. The molecule has 4 bridgehead atoms. The number of rotatable bonds is 2. The maximum Gasteiger partial charge on any atom is 0.248 e. The quantitative estimate of drug-likeness (QED) is 0.671. The summed E-state index contributed by atoms with van der Waals surface area (Å²) in [7, 11) is 1.60. The van der Waals surface area contributed by atoms with Gasteiger partial charge in [-0.2, -0.15) is 0 Å². The predicted octanol–water partition coefficient (Wildman–Crippen LogP) is 0.185. The molecule has 90 valence electrons. The minimum atomic E-state index is 0.182. The number of carbonyl (C=O) groups excluding carboxylic acids is 1. The Morgan fingerprint density at radius 1 is 1.19 bits per heavy atom. The molecule has 4 saturated heterocycles. The van der Waals surface area contributed by atoms with E-state index >= 15 is 0 Å². The molecule has 4 atom stereocenters. The van der Waals surface area contributed by atoms with Gasteiger partial charge in [0.15, 0.2) is 0 Å². The third-order valence-electron chi connectivity index (χ3n) is 4.26. The summed E-state index contributed by atoms with van der Waals surface area (Å²) in [5, 5.41) is 0. The molecule has 4 fully saturated rings. The molecule has 0 aliphatic carbocycles. The summed E-state index contributed by atoms with van der Waals surface area (Å²) in [5.74, 6) is 1.71. The Morgan fingerprint density at radius 2 is 2.00 bits per heavy atom. The van der Waals surface area contributed by atoms with Crippen LogP contribution in [0.2, 0.25) is 0 Å². The average Bonchev–Trinajstić information content (AvgIpc) is 2.43. The average molecular weight is 224 g/mol. The van der Waals surface area contributed by atoms with Gasteiger partial charge in [0.05, 0.1) is 0 Å². The van der Waals surface area contributed by atoms with Crippen molar-refractivity contribution in [3.05, 3.63) is 0 Å². The van der Waals surface area contributed by atoms with E-state index in [0.29, 0.717) is 12.0 Å². The van der Waals surface area contributed by atoms with Gasteiger partial charge < -0.3 is 14.5 Å². The van der Waals surface area contributed by atoms with Gasteiger partial charge in [0.25, 0.3) is 0 Å². The van der Waals surface area contributed by atoms with Crippen molar-refractivity contribution in [2.75, 3.05) is 39.9 Å². The molecule has 4 nitrogen and oxygen atoms in total. The number of piperidine rings is 2. The molecule has 4 aliphatic rings. The second kappa shape index (κ2) is 4.00. The number of hydrogen-bond donors (Lipinski definition) is 0. The lowest BCUT2D eigenvalue weighted by Crippen LogP contribution is -2.51. The van der Waals surface area contributed by atoms with Crippen molar-refractivity contribution in [3.63, 3.8) is 0 Å². The smallest absolute Gasteiger partial charge is 0.248 e. The molecule has 0 N–H and O–H groups in total. The van der Waals surface area contributed by atoms with Crippen LogP contribution in [-0.2, 0) is 9.53 Å². The Balaban J connectivity index is 1.78. The van der Waals surface area contributed by atoms with Gasteiger partial charge in [0, 0.05) is 39.3 Å². The van der Waals surface area contributed by atoms with Crippen molar-refractivity contribution in [2.24, 2.45) is 11.8 Å². The molecular weight excluding hydrogens is 204 g/mol. The Hall–Kier alpha value is -0.610. The lowest BCUT2D eigenvalue weighted by Gasteiger charge is -2.41. The van der Waals surface area contributed by atoms with Crippen LogP contribution in [0.1, 0.15) is 12.8 Å². The minimum absolute atomic E-state index is 0.182. The van der Waals surface area contributed by atoms with Crippen molar-refractivity contribution in [2.45, 2.75) is 18.9 Å². The van der Waals surface area contributed by atoms with Gasteiger partial charge in [-0.15, -0.1) is 0 Å². The van der Waals surface area contributed by atoms with Gasteiger partial charge in [-0.1, -0.05) is 0 Å². The highest BCUT2D eigenvalue weighted by Crippen LogP contribution is 2.36. The van der Waals surface area contributed by atoms with Gasteiger partial charge >= 0.3 is 0 Å². The largest absolute Gasteiger partial charge is 0.375 e. The van der Waals surface area contributed by atoms with Crippen molar-refractivity contribution in [1.29, 1.82) is 0 Å². The van der Waals surface area contributed by atoms with Crippen molar-refractivity contribution in [3.8, 4) is 0 Å². The first-order chi connectivity index (χ1) is 7.76. The van der Waals surface area contributed by atoms with Crippen molar-refractivity contribution in [1.82, 2.24) is 9.80 Å². The van der Waals surface area contributed by atoms with Crippen LogP contribution in [0, 0.1) is 11.8 Å². The first-order valence-electron chi connectivity index (χ1n) is 6.27. The molecular formula is C12H20N2O2. The fourth-order valence-electron chi connectivity index (χ4n) is 3.80. The van der Waals surface area contributed by atoms with E-state index in [1.165, 1.54) is 25.9 Å². The molecule has 0 spiro atoms. The van der Waals surface area contributed by atoms with Crippen LogP contribution in [-0.4, -0.2) is 61.6 Å². The van der Waals surface area contributed by atoms with E-state index in [0.717, 1.165) is 19.0 Å². The van der Waals surface area contributed by atoms with E-state index in [2.05, 4.69) is 9.80 Å². The van der Waals surface area contributed by atoms with E-state index in [-0.39, 0.29) is 12.5 Å². The van der Waals surface area contributed by atoms with Crippen molar-refractivity contribution < 1.29 is 9.53 Å². The van der Waals surface area contributed by atoms with Crippen LogP contribution in [0.5, 0.6) is 0 Å². The number of methoxy groups -OCH3 is 1. The molecule has 0 aromatic heterocycles. The third kappa shape index (κ3) is 1.74. The lowest BCUT2D eigenvalue weighted by atomic mass is 9.84. The molecule has 0 radical (unpaired) electrons. The highest BCUT2D eigenvalue weighted by Gasteiger charge is 2.42. The molecule has 0 saturated carbocycles. The fraction of sp³-hybridized carbons (Fsp3) is 0.917. The molecule has 0 aromatic rings. The van der Waals surface area contributed by atoms with Crippen LogP contribution in [0.25, 0.3) is 0 Å². The maximum atomic E-state index is 12.0. The number of ether oxygens (including phenoxy) is 1. The molecule has 0 aromatic carbocycles. The van der Waals surface area contributed by atoms with Gasteiger partial charge in [0.1, 0.15) is 6.61 Å². The zero-order valence-corrected chi connectivity index (χ0v) is 9.89.